The van der Waals surface area contributed by atoms with Gasteiger partial charge in [0.25, 0.3) is 0 Å². The minimum Gasteiger partial charge on any atom is -0.490 e. The molecule has 0 atom stereocenters. The molecule has 8 heteroatoms. The highest BCUT2D eigenvalue weighted by molar-refractivity contribution is 7.80. The van der Waals surface area contributed by atoms with Crippen LogP contribution in [-0.2, 0) is 0 Å². The fraction of sp³-hybridized carbons (Fsp3) is 0.118. The van der Waals surface area contributed by atoms with Crippen LogP contribution in [0, 0.1) is 0 Å². The van der Waals surface area contributed by atoms with E-state index in [2.05, 4.69) is 22.7 Å². The lowest BCUT2D eigenvalue weighted by atomic mass is 10.2. The Bertz CT molecular complexity index is 794. The predicted molar refractivity (Wildman–Crippen MR) is 102 cm³/mol. The number of esters is 1. The van der Waals surface area contributed by atoms with E-state index in [4.69, 9.17) is 26.8 Å². The van der Waals surface area contributed by atoms with E-state index in [0.717, 1.165) is 5.56 Å². The van der Waals surface area contributed by atoms with E-state index < -0.39 is 5.97 Å². The third-order valence-electron chi connectivity index (χ3n) is 2.94. The summed E-state index contributed by atoms with van der Waals surface area (Å²) in [6.07, 6.45) is 1.52. The van der Waals surface area contributed by atoms with Crippen molar-refractivity contribution in [3.8, 4) is 11.5 Å². The predicted octanol–water partition coefficient (Wildman–Crippen LogP) is 3.13. The van der Waals surface area contributed by atoms with Crippen LogP contribution >= 0.6 is 23.8 Å². The molecule has 0 radical (unpaired) electrons. The van der Waals surface area contributed by atoms with E-state index in [-0.39, 0.29) is 5.11 Å². The average Bonchev–Trinajstić information content (AvgIpc) is 2.57. The van der Waals surface area contributed by atoms with Crippen molar-refractivity contribution in [2.75, 3.05) is 6.61 Å². The number of nitrogens with two attached hydrogens (primary N) is 1. The van der Waals surface area contributed by atoms with Crippen LogP contribution in [0.4, 0.5) is 0 Å². The van der Waals surface area contributed by atoms with E-state index in [1.165, 1.54) is 6.21 Å². The highest BCUT2D eigenvalue weighted by atomic mass is 35.5. The standard InChI is InChI=1S/C17H16ClN3O3S/c1-2-23-15-9-11(10-20-21-17(19)25)3-8-14(15)24-16(22)12-4-6-13(18)7-5-12/h3-10H,2H2,1H3,(H3,19,21,25)/b20-10+. The van der Waals surface area contributed by atoms with Crippen molar-refractivity contribution < 1.29 is 14.3 Å². The van der Waals surface area contributed by atoms with Gasteiger partial charge in [0.05, 0.1) is 18.4 Å². The summed E-state index contributed by atoms with van der Waals surface area (Å²) >= 11 is 10.5. The summed E-state index contributed by atoms with van der Waals surface area (Å²) in [5, 5.41) is 4.48. The topological polar surface area (TPSA) is 85.9 Å². The quantitative estimate of drug-likeness (QED) is 0.264. The molecule has 0 aliphatic heterocycles. The first-order chi connectivity index (χ1) is 12.0. The molecule has 0 aliphatic carbocycles. The number of hydrazone groups is 1. The van der Waals surface area contributed by atoms with E-state index in [1.807, 2.05) is 6.92 Å². The number of hydrogen-bond acceptors (Lipinski definition) is 5. The Labute approximate surface area is 155 Å². The molecule has 0 bridgehead atoms. The summed E-state index contributed by atoms with van der Waals surface area (Å²) in [7, 11) is 0. The molecule has 0 saturated carbocycles. The van der Waals surface area contributed by atoms with Gasteiger partial charge in [0, 0.05) is 5.02 Å². The molecule has 2 aromatic carbocycles. The minimum absolute atomic E-state index is 0.0646. The van der Waals surface area contributed by atoms with Gasteiger partial charge in [-0.2, -0.15) is 5.10 Å². The Morgan fingerprint density at radius 2 is 2.00 bits per heavy atom. The number of ether oxygens (including phenoxy) is 2. The van der Waals surface area contributed by atoms with E-state index in [0.29, 0.717) is 28.7 Å². The molecule has 3 N–H and O–H groups in total. The van der Waals surface area contributed by atoms with Gasteiger partial charge < -0.3 is 15.2 Å². The molecule has 130 valence electrons. The zero-order chi connectivity index (χ0) is 18.2. The largest absolute Gasteiger partial charge is 0.490 e. The number of nitrogens with zero attached hydrogens (tertiary/aromatic N) is 1. The summed E-state index contributed by atoms with van der Waals surface area (Å²) < 4.78 is 10.9. The number of halogens is 1. The zero-order valence-corrected chi connectivity index (χ0v) is 14.9. The first kappa shape index (κ1) is 18.7. The van der Waals surface area contributed by atoms with Gasteiger partial charge in [-0.3, -0.25) is 5.43 Å². The number of rotatable bonds is 6. The number of nitrogens with one attached hydrogen (secondary N) is 1. The second-order valence-corrected chi connectivity index (χ2v) is 5.65. The molecular formula is C17H16ClN3O3S. The molecular weight excluding hydrogens is 362 g/mol. The fourth-order valence-electron chi connectivity index (χ4n) is 1.87. The molecule has 0 aromatic heterocycles. The lowest BCUT2D eigenvalue weighted by Crippen LogP contribution is -2.23. The van der Waals surface area contributed by atoms with Gasteiger partial charge >= 0.3 is 5.97 Å². The van der Waals surface area contributed by atoms with Gasteiger partial charge in [-0.05, 0) is 67.2 Å². The average molecular weight is 378 g/mol. The maximum atomic E-state index is 12.2. The maximum absolute atomic E-state index is 12.2. The molecule has 25 heavy (non-hydrogen) atoms. The van der Waals surface area contributed by atoms with Crippen molar-refractivity contribution in [3.63, 3.8) is 0 Å². The normalized spacial score (nSPS) is 10.5. The molecule has 2 aromatic rings. The first-order valence-electron chi connectivity index (χ1n) is 7.32. The molecule has 6 nitrogen and oxygen atoms in total. The van der Waals surface area contributed by atoms with E-state index in [9.17, 15) is 4.79 Å². The van der Waals surface area contributed by atoms with Crippen molar-refractivity contribution in [1.82, 2.24) is 5.43 Å². The number of hydrogen-bond donors (Lipinski definition) is 2. The number of carbonyl (C=O) groups excluding carboxylic acids is 1. The Morgan fingerprint density at radius 3 is 2.64 bits per heavy atom. The molecule has 2 rings (SSSR count). The van der Waals surface area contributed by atoms with Gasteiger partial charge in [-0.1, -0.05) is 11.6 Å². The summed E-state index contributed by atoms with van der Waals surface area (Å²) in [6, 6.07) is 11.5. The lowest BCUT2D eigenvalue weighted by molar-refractivity contribution is 0.0728. The van der Waals surface area contributed by atoms with Crippen molar-refractivity contribution in [2.45, 2.75) is 6.92 Å². The summed E-state index contributed by atoms with van der Waals surface area (Å²) in [5.41, 5.74) is 8.86. The summed E-state index contributed by atoms with van der Waals surface area (Å²) in [4.78, 5) is 12.2. The van der Waals surface area contributed by atoms with Crippen molar-refractivity contribution >= 4 is 41.1 Å². The van der Waals surface area contributed by atoms with Gasteiger partial charge in [0.2, 0.25) is 0 Å². The van der Waals surface area contributed by atoms with Crippen LogP contribution in [0.15, 0.2) is 47.6 Å². The van der Waals surface area contributed by atoms with Gasteiger partial charge in [-0.15, -0.1) is 0 Å². The molecule has 0 amide bonds. The van der Waals surface area contributed by atoms with Crippen LogP contribution in [0.1, 0.15) is 22.8 Å². The van der Waals surface area contributed by atoms with E-state index in [1.54, 1.807) is 42.5 Å². The smallest absolute Gasteiger partial charge is 0.343 e. The zero-order valence-electron chi connectivity index (χ0n) is 13.4. The second-order valence-electron chi connectivity index (χ2n) is 4.77. The highest BCUT2D eigenvalue weighted by Crippen LogP contribution is 2.29. The summed E-state index contributed by atoms with van der Waals surface area (Å²) in [5.74, 6) is 0.222. The third kappa shape index (κ3) is 5.74. The minimum atomic E-state index is -0.505. The fourth-order valence-corrected chi connectivity index (χ4v) is 2.05. The van der Waals surface area contributed by atoms with Crippen molar-refractivity contribution in [2.24, 2.45) is 10.8 Å². The highest BCUT2D eigenvalue weighted by Gasteiger charge is 2.13. The SMILES string of the molecule is CCOc1cc(/C=N/NC(N)=S)ccc1OC(=O)c1ccc(Cl)cc1. The van der Waals surface area contributed by atoms with Crippen LogP contribution < -0.4 is 20.6 Å². The summed E-state index contributed by atoms with van der Waals surface area (Å²) in [6.45, 7) is 2.25. The molecule has 0 saturated heterocycles. The first-order valence-corrected chi connectivity index (χ1v) is 8.11. The monoisotopic (exact) mass is 377 g/mol. The van der Waals surface area contributed by atoms with Crippen molar-refractivity contribution in [3.05, 3.63) is 58.6 Å². The molecule has 0 aliphatic rings. The van der Waals surface area contributed by atoms with Crippen LogP contribution in [0.2, 0.25) is 5.02 Å². The number of benzene rings is 2. The Balaban J connectivity index is 2.18. The number of carbonyl (C=O) groups is 1. The van der Waals surface area contributed by atoms with Gasteiger partial charge in [0.1, 0.15) is 0 Å². The van der Waals surface area contributed by atoms with Crippen LogP contribution in [0.25, 0.3) is 0 Å². The van der Waals surface area contributed by atoms with Crippen molar-refractivity contribution in [1.29, 1.82) is 0 Å². The second kappa shape index (κ2) is 9.00. The lowest BCUT2D eigenvalue weighted by Gasteiger charge is -2.11. The molecule has 0 fully saturated rings. The van der Waals surface area contributed by atoms with Gasteiger partial charge in [0.15, 0.2) is 16.6 Å². The van der Waals surface area contributed by atoms with Crippen LogP contribution in [0.5, 0.6) is 11.5 Å². The van der Waals surface area contributed by atoms with Crippen LogP contribution in [0.3, 0.4) is 0 Å². The Kier molecular flexibility index (Phi) is 6.73. The van der Waals surface area contributed by atoms with E-state index >= 15 is 0 Å². The molecule has 0 unspecified atom stereocenters. The van der Waals surface area contributed by atoms with Crippen LogP contribution in [-0.4, -0.2) is 23.9 Å². The Hall–Kier alpha value is -2.64. The number of thiocarbonyl (C=S) groups is 1. The molecule has 0 spiro atoms. The maximum Gasteiger partial charge on any atom is 0.343 e. The third-order valence-corrected chi connectivity index (χ3v) is 3.28. The Morgan fingerprint density at radius 1 is 1.28 bits per heavy atom. The van der Waals surface area contributed by atoms with Gasteiger partial charge in [-0.25, -0.2) is 4.79 Å². The molecule has 0 heterocycles.